The van der Waals surface area contributed by atoms with Crippen molar-refractivity contribution < 1.29 is 5.11 Å². The van der Waals surface area contributed by atoms with Crippen LogP contribution in [0.3, 0.4) is 0 Å². The van der Waals surface area contributed by atoms with E-state index in [0.29, 0.717) is 6.54 Å². The molecular formula is C11H22N2O. The van der Waals surface area contributed by atoms with Crippen LogP contribution in [-0.2, 0) is 0 Å². The summed E-state index contributed by atoms with van der Waals surface area (Å²) in [5.74, 6) is 1.02. The standard InChI is InChI=1S/C11H22N2O/c1-10(2)8-12-4-6-13(7-5-12)9-11(3)14/h10,14H,3-9H2,1-2H3. The van der Waals surface area contributed by atoms with E-state index in [2.05, 4.69) is 30.2 Å². The zero-order valence-electron chi connectivity index (χ0n) is 9.37. The van der Waals surface area contributed by atoms with Crippen LogP contribution in [0.15, 0.2) is 12.3 Å². The van der Waals surface area contributed by atoms with Crippen molar-refractivity contribution in [1.82, 2.24) is 9.80 Å². The van der Waals surface area contributed by atoms with Gasteiger partial charge in [0.05, 0.1) is 12.3 Å². The van der Waals surface area contributed by atoms with Gasteiger partial charge in [-0.15, -0.1) is 0 Å². The van der Waals surface area contributed by atoms with Gasteiger partial charge in [0.15, 0.2) is 0 Å². The van der Waals surface area contributed by atoms with Crippen molar-refractivity contribution >= 4 is 0 Å². The van der Waals surface area contributed by atoms with Crippen molar-refractivity contribution in [3.8, 4) is 0 Å². The smallest absolute Gasteiger partial charge is 0.0991 e. The summed E-state index contributed by atoms with van der Waals surface area (Å²) in [7, 11) is 0. The maximum Gasteiger partial charge on any atom is 0.0991 e. The minimum absolute atomic E-state index is 0.280. The first kappa shape index (κ1) is 11.5. The highest BCUT2D eigenvalue weighted by atomic mass is 16.3. The highest BCUT2D eigenvalue weighted by molar-refractivity contribution is 4.85. The molecule has 0 aromatic heterocycles. The monoisotopic (exact) mass is 198 g/mol. The Morgan fingerprint density at radius 3 is 2.14 bits per heavy atom. The summed E-state index contributed by atoms with van der Waals surface area (Å²) in [5, 5.41) is 9.07. The summed E-state index contributed by atoms with van der Waals surface area (Å²) in [5.41, 5.74) is 0. The minimum atomic E-state index is 0.280. The molecule has 0 bridgehead atoms. The largest absolute Gasteiger partial charge is 0.512 e. The number of aliphatic hydroxyl groups excluding tert-OH is 1. The Balaban J connectivity index is 2.21. The molecule has 1 aliphatic rings. The van der Waals surface area contributed by atoms with Crippen LogP contribution in [0.4, 0.5) is 0 Å². The minimum Gasteiger partial charge on any atom is -0.512 e. The first-order valence-corrected chi connectivity index (χ1v) is 5.39. The molecule has 3 nitrogen and oxygen atoms in total. The second kappa shape index (κ2) is 5.37. The van der Waals surface area contributed by atoms with Crippen LogP contribution in [0, 0.1) is 5.92 Å². The van der Waals surface area contributed by atoms with Gasteiger partial charge in [0.2, 0.25) is 0 Å². The van der Waals surface area contributed by atoms with Gasteiger partial charge in [-0.1, -0.05) is 20.4 Å². The lowest BCUT2D eigenvalue weighted by Crippen LogP contribution is -2.47. The Bertz CT molecular complexity index is 184. The van der Waals surface area contributed by atoms with Gasteiger partial charge in [-0.3, -0.25) is 4.90 Å². The number of nitrogens with zero attached hydrogens (tertiary/aromatic N) is 2. The summed E-state index contributed by atoms with van der Waals surface area (Å²) in [6, 6.07) is 0. The van der Waals surface area contributed by atoms with Crippen LogP contribution in [0.2, 0.25) is 0 Å². The molecule has 3 heteroatoms. The SMILES string of the molecule is C=C(O)CN1CCN(CC(C)C)CC1. The van der Waals surface area contributed by atoms with Crippen molar-refractivity contribution in [3.05, 3.63) is 12.3 Å². The van der Waals surface area contributed by atoms with Gasteiger partial charge in [0.25, 0.3) is 0 Å². The summed E-state index contributed by atoms with van der Waals surface area (Å²) in [4.78, 5) is 4.74. The van der Waals surface area contributed by atoms with Crippen molar-refractivity contribution in [2.45, 2.75) is 13.8 Å². The Kier molecular flexibility index (Phi) is 4.42. The molecule has 0 atom stereocenters. The van der Waals surface area contributed by atoms with Crippen LogP contribution in [0.25, 0.3) is 0 Å². The average molecular weight is 198 g/mol. The molecule has 1 rings (SSSR count). The molecule has 1 heterocycles. The number of rotatable bonds is 4. The first-order chi connectivity index (χ1) is 6.58. The maximum absolute atomic E-state index is 9.07. The highest BCUT2D eigenvalue weighted by Crippen LogP contribution is 2.05. The molecule has 1 fully saturated rings. The van der Waals surface area contributed by atoms with Gasteiger partial charge in [0, 0.05) is 32.7 Å². The van der Waals surface area contributed by atoms with E-state index < -0.39 is 0 Å². The number of hydrogen-bond acceptors (Lipinski definition) is 3. The lowest BCUT2D eigenvalue weighted by atomic mass is 10.2. The summed E-state index contributed by atoms with van der Waals surface area (Å²) >= 11 is 0. The van der Waals surface area contributed by atoms with Crippen molar-refractivity contribution in [1.29, 1.82) is 0 Å². The topological polar surface area (TPSA) is 26.7 Å². The van der Waals surface area contributed by atoms with E-state index in [4.69, 9.17) is 5.11 Å². The molecule has 14 heavy (non-hydrogen) atoms. The molecule has 0 saturated carbocycles. The second-order valence-electron chi connectivity index (χ2n) is 4.54. The molecule has 1 aliphatic heterocycles. The van der Waals surface area contributed by atoms with Gasteiger partial charge in [-0.2, -0.15) is 0 Å². The number of aliphatic hydroxyl groups is 1. The van der Waals surface area contributed by atoms with Crippen LogP contribution in [0.5, 0.6) is 0 Å². The van der Waals surface area contributed by atoms with Gasteiger partial charge >= 0.3 is 0 Å². The van der Waals surface area contributed by atoms with E-state index in [-0.39, 0.29) is 5.76 Å². The zero-order valence-corrected chi connectivity index (χ0v) is 9.37. The molecule has 1 saturated heterocycles. The lowest BCUT2D eigenvalue weighted by Gasteiger charge is -2.35. The fourth-order valence-electron chi connectivity index (χ4n) is 1.90. The molecule has 0 unspecified atom stereocenters. The molecule has 0 spiro atoms. The Hall–Kier alpha value is -0.540. The Morgan fingerprint density at radius 2 is 1.71 bits per heavy atom. The molecule has 1 N–H and O–H groups in total. The summed E-state index contributed by atoms with van der Waals surface area (Å²) < 4.78 is 0. The fraction of sp³-hybridized carbons (Fsp3) is 0.818. The number of piperazine rings is 1. The van der Waals surface area contributed by atoms with Crippen molar-refractivity contribution in [3.63, 3.8) is 0 Å². The zero-order chi connectivity index (χ0) is 10.6. The van der Waals surface area contributed by atoms with Crippen LogP contribution >= 0.6 is 0 Å². The summed E-state index contributed by atoms with van der Waals surface area (Å²) in [6.07, 6.45) is 0. The van der Waals surface area contributed by atoms with E-state index in [1.54, 1.807) is 0 Å². The molecule has 0 aromatic rings. The normalized spacial score (nSPS) is 20.2. The fourth-order valence-corrected chi connectivity index (χ4v) is 1.90. The van der Waals surface area contributed by atoms with Gasteiger partial charge < -0.3 is 10.0 Å². The molecule has 0 aromatic carbocycles. The Labute approximate surface area is 87.0 Å². The van der Waals surface area contributed by atoms with Crippen LogP contribution in [-0.4, -0.2) is 54.2 Å². The average Bonchev–Trinajstić information content (AvgIpc) is 2.06. The van der Waals surface area contributed by atoms with E-state index in [9.17, 15) is 0 Å². The van der Waals surface area contributed by atoms with Gasteiger partial charge in [-0.25, -0.2) is 0 Å². The number of hydrogen-bond donors (Lipinski definition) is 1. The van der Waals surface area contributed by atoms with E-state index in [1.807, 2.05) is 0 Å². The van der Waals surface area contributed by atoms with Gasteiger partial charge in [-0.05, 0) is 5.92 Å². The maximum atomic E-state index is 9.07. The third-order valence-corrected chi connectivity index (χ3v) is 2.49. The predicted octanol–water partition coefficient (Wildman–Crippen LogP) is 1.33. The second-order valence-corrected chi connectivity index (χ2v) is 4.54. The molecular weight excluding hydrogens is 176 g/mol. The quantitative estimate of drug-likeness (QED) is 0.690. The third-order valence-electron chi connectivity index (χ3n) is 2.49. The van der Waals surface area contributed by atoms with Gasteiger partial charge in [0.1, 0.15) is 0 Å². The van der Waals surface area contributed by atoms with E-state index in [1.165, 1.54) is 6.54 Å². The molecule has 0 amide bonds. The third kappa shape index (κ3) is 4.11. The summed E-state index contributed by atoms with van der Waals surface area (Å²) in [6.45, 7) is 14.2. The first-order valence-electron chi connectivity index (χ1n) is 5.39. The Morgan fingerprint density at radius 1 is 1.21 bits per heavy atom. The molecule has 82 valence electrons. The highest BCUT2D eigenvalue weighted by Gasteiger charge is 2.17. The lowest BCUT2D eigenvalue weighted by molar-refractivity contribution is 0.120. The van der Waals surface area contributed by atoms with E-state index >= 15 is 0 Å². The van der Waals surface area contributed by atoms with E-state index in [0.717, 1.165) is 32.1 Å². The predicted molar refractivity (Wildman–Crippen MR) is 59.5 cm³/mol. The van der Waals surface area contributed by atoms with Crippen LogP contribution < -0.4 is 0 Å². The molecule has 0 radical (unpaired) electrons. The molecule has 0 aliphatic carbocycles. The van der Waals surface area contributed by atoms with Crippen molar-refractivity contribution in [2.75, 3.05) is 39.3 Å². The van der Waals surface area contributed by atoms with Crippen LogP contribution in [0.1, 0.15) is 13.8 Å². The van der Waals surface area contributed by atoms with Crippen molar-refractivity contribution in [2.24, 2.45) is 5.92 Å².